The third-order valence-electron chi connectivity index (χ3n) is 4.45. The molecule has 2 heterocycles. The lowest BCUT2D eigenvalue weighted by molar-refractivity contribution is -0.118. The highest BCUT2D eigenvalue weighted by Gasteiger charge is 2.57. The van der Waals surface area contributed by atoms with E-state index in [0.717, 1.165) is 43.6 Å². The smallest absolute Gasteiger partial charge is 0.229 e. The number of hydrogen-bond donors (Lipinski definition) is 2. The first kappa shape index (κ1) is 12.6. The second kappa shape index (κ2) is 4.60. The zero-order chi connectivity index (χ0) is 13.5. The maximum absolute atomic E-state index is 12.3. The Labute approximate surface area is 114 Å². The van der Waals surface area contributed by atoms with Gasteiger partial charge in [-0.05, 0) is 69.3 Å². The van der Waals surface area contributed by atoms with Crippen LogP contribution in [0.4, 0.5) is 5.82 Å². The van der Waals surface area contributed by atoms with Gasteiger partial charge in [-0.25, -0.2) is 4.98 Å². The van der Waals surface area contributed by atoms with Gasteiger partial charge in [0.2, 0.25) is 5.91 Å². The quantitative estimate of drug-likeness (QED) is 0.854. The van der Waals surface area contributed by atoms with Crippen molar-refractivity contribution in [3.63, 3.8) is 0 Å². The highest BCUT2D eigenvalue weighted by atomic mass is 16.2. The summed E-state index contributed by atoms with van der Waals surface area (Å²) in [6.07, 6.45) is 3.31. The molecule has 0 aromatic carbocycles. The zero-order valence-corrected chi connectivity index (χ0v) is 11.6. The minimum Gasteiger partial charge on any atom is -0.317 e. The Bertz CT molecular complexity index is 486. The van der Waals surface area contributed by atoms with Crippen molar-refractivity contribution in [3.8, 4) is 0 Å². The lowest BCUT2D eigenvalue weighted by Gasteiger charge is -2.23. The van der Waals surface area contributed by atoms with Crippen LogP contribution in [-0.2, 0) is 4.79 Å². The number of carbonyl (C=O) groups is 1. The van der Waals surface area contributed by atoms with Crippen molar-refractivity contribution in [3.05, 3.63) is 23.4 Å². The summed E-state index contributed by atoms with van der Waals surface area (Å²) in [7, 11) is 0. The molecule has 1 aromatic heterocycles. The summed E-state index contributed by atoms with van der Waals surface area (Å²) in [5, 5.41) is 6.35. The number of carbonyl (C=O) groups excluding carboxylic acids is 1. The summed E-state index contributed by atoms with van der Waals surface area (Å²) in [5.41, 5.74) is 2.37. The molecule has 4 nitrogen and oxygen atoms in total. The lowest BCUT2D eigenvalue weighted by Crippen LogP contribution is -2.31. The monoisotopic (exact) mass is 259 g/mol. The predicted octanol–water partition coefficient (Wildman–Crippen LogP) is 2.03. The highest BCUT2D eigenvalue weighted by molar-refractivity contribution is 5.94. The number of amides is 1. The van der Waals surface area contributed by atoms with Gasteiger partial charge in [-0.2, -0.15) is 0 Å². The van der Waals surface area contributed by atoms with Gasteiger partial charge in [-0.15, -0.1) is 0 Å². The van der Waals surface area contributed by atoms with E-state index in [0.29, 0.717) is 5.82 Å². The molecule has 1 atom stereocenters. The molecule has 1 saturated carbocycles. The van der Waals surface area contributed by atoms with E-state index in [-0.39, 0.29) is 17.2 Å². The average Bonchev–Trinajstić information content (AvgIpc) is 3.02. The van der Waals surface area contributed by atoms with Gasteiger partial charge in [0.15, 0.2) is 0 Å². The normalized spacial score (nSPS) is 24.2. The molecular weight excluding hydrogens is 238 g/mol. The largest absolute Gasteiger partial charge is 0.317 e. The molecule has 2 fully saturated rings. The number of nitrogens with zero attached hydrogens (tertiary/aromatic N) is 1. The van der Waals surface area contributed by atoms with Crippen LogP contribution in [0.2, 0.25) is 0 Å². The van der Waals surface area contributed by atoms with Crippen LogP contribution in [0.3, 0.4) is 0 Å². The van der Waals surface area contributed by atoms with Gasteiger partial charge in [-0.3, -0.25) is 4.79 Å². The number of aromatic nitrogens is 1. The molecule has 1 saturated heterocycles. The third kappa shape index (κ3) is 2.50. The number of piperidine rings is 1. The Hall–Kier alpha value is -1.42. The molecule has 2 aliphatic rings. The lowest BCUT2D eigenvalue weighted by atomic mass is 9.92. The van der Waals surface area contributed by atoms with E-state index in [1.165, 1.54) is 0 Å². The van der Waals surface area contributed by atoms with Gasteiger partial charge in [0.25, 0.3) is 0 Å². The van der Waals surface area contributed by atoms with Gasteiger partial charge in [0.05, 0.1) is 0 Å². The molecule has 1 aliphatic carbocycles. The van der Waals surface area contributed by atoms with Gasteiger partial charge in [0, 0.05) is 11.6 Å². The Morgan fingerprint density at radius 2 is 2.11 bits per heavy atom. The van der Waals surface area contributed by atoms with Crippen LogP contribution in [-0.4, -0.2) is 24.0 Å². The van der Waals surface area contributed by atoms with Crippen molar-refractivity contribution >= 4 is 11.7 Å². The van der Waals surface area contributed by atoms with E-state index in [1.54, 1.807) is 0 Å². The second-order valence-corrected chi connectivity index (χ2v) is 6.03. The molecule has 102 valence electrons. The molecule has 0 radical (unpaired) electrons. The van der Waals surface area contributed by atoms with Gasteiger partial charge < -0.3 is 10.6 Å². The van der Waals surface area contributed by atoms with Crippen molar-refractivity contribution in [2.75, 3.05) is 18.4 Å². The molecule has 3 rings (SSSR count). The predicted molar refractivity (Wildman–Crippen MR) is 75.0 cm³/mol. The van der Waals surface area contributed by atoms with Crippen LogP contribution < -0.4 is 10.6 Å². The third-order valence-corrected chi connectivity index (χ3v) is 4.45. The maximum atomic E-state index is 12.3. The van der Waals surface area contributed by atoms with E-state index in [1.807, 2.05) is 26.0 Å². The van der Waals surface area contributed by atoms with E-state index in [2.05, 4.69) is 15.6 Å². The van der Waals surface area contributed by atoms with E-state index in [9.17, 15) is 4.79 Å². The van der Waals surface area contributed by atoms with Crippen LogP contribution in [0.25, 0.3) is 0 Å². The first-order valence-corrected chi connectivity index (χ1v) is 7.06. The minimum absolute atomic E-state index is 0.152. The Morgan fingerprint density at radius 1 is 1.37 bits per heavy atom. The topological polar surface area (TPSA) is 54.0 Å². The summed E-state index contributed by atoms with van der Waals surface area (Å²) in [4.78, 5) is 16.7. The molecule has 1 unspecified atom stereocenters. The van der Waals surface area contributed by atoms with Gasteiger partial charge >= 0.3 is 0 Å². The molecule has 1 aliphatic heterocycles. The van der Waals surface area contributed by atoms with E-state index in [4.69, 9.17) is 0 Å². The molecule has 0 bridgehead atoms. The minimum atomic E-state index is 0.152. The van der Waals surface area contributed by atoms with Crippen molar-refractivity contribution in [2.45, 2.75) is 33.1 Å². The fourth-order valence-electron chi connectivity index (χ4n) is 3.31. The van der Waals surface area contributed by atoms with Crippen LogP contribution >= 0.6 is 0 Å². The molecule has 1 spiro atoms. The number of aryl methyl sites for hydroxylation is 2. The van der Waals surface area contributed by atoms with Crippen molar-refractivity contribution in [2.24, 2.45) is 11.3 Å². The summed E-state index contributed by atoms with van der Waals surface area (Å²) in [6.45, 7) is 6.07. The SMILES string of the molecule is Cc1cc(C)nc(NC(=O)C2CC23CCNCC3)c1. The number of rotatable bonds is 2. The number of nitrogens with one attached hydrogen (secondary N) is 2. The van der Waals surface area contributed by atoms with Gasteiger partial charge in [-0.1, -0.05) is 0 Å². The molecule has 1 aromatic rings. The number of hydrogen-bond acceptors (Lipinski definition) is 3. The molecule has 2 N–H and O–H groups in total. The van der Waals surface area contributed by atoms with Crippen LogP contribution in [0.1, 0.15) is 30.5 Å². The first-order valence-electron chi connectivity index (χ1n) is 7.06. The standard InChI is InChI=1S/C15H21N3O/c1-10-7-11(2)17-13(8-10)18-14(19)12-9-15(12)3-5-16-6-4-15/h7-8,12,16H,3-6,9H2,1-2H3,(H,17,18,19). The number of pyridine rings is 1. The van der Waals surface area contributed by atoms with Crippen molar-refractivity contribution in [1.29, 1.82) is 0 Å². The first-order chi connectivity index (χ1) is 9.09. The summed E-state index contributed by atoms with van der Waals surface area (Å²) < 4.78 is 0. The Balaban J connectivity index is 1.66. The van der Waals surface area contributed by atoms with Crippen LogP contribution in [0.5, 0.6) is 0 Å². The van der Waals surface area contributed by atoms with Gasteiger partial charge in [0.1, 0.15) is 5.82 Å². The fraction of sp³-hybridized carbons (Fsp3) is 0.600. The summed E-state index contributed by atoms with van der Waals surface area (Å²) in [6, 6.07) is 3.95. The molecule has 1 amide bonds. The maximum Gasteiger partial charge on any atom is 0.229 e. The van der Waals surface area contributed by atoms with Crippen molar-refractivity contribution < 1.29 is 4.79 Å². The van der Waals surface area contributed by atoms with E-state index >= 15 is 0 Å². The summed E-state index contributed by atoms with van der Waals surface area (Å²) >= 11 is 0. The number of anilines is 1. The average molecular weight is 259 g/mol. The Morgan fingerprint density at radius 3 is 2.79 bits per heavy atom. The van der Waals surface area contributed by atoms with Crippen LogP contribution in [0.15, 0.2) is 12.1 Å². The zero-order valence-electron chi connectivity index (χ0n) is 11.6. The molecule has 19 heavy (non-hydrogen) atoms. The van der Waals surface area contributed by atoms with Crippen LogP contribution in [0, 0.1) is 25.2 Å². The highest BCUT2D eigenvalue weighted by Crippen LogP contribution is 2.58. The van der Waals surface area contributed by atoms with Crippen molar-refractivity contribution in [1.82, 2.24) is 10.3 Å². The fourth-order valence-corrected chi connectivity index (χ4v) is 3.31. The molecular formula is C15H21N3O. The summed E-state index contributed by atoms with van der Waals surface area (Å²) in [5.74, 6) is 1.04. The second-order valence-electron chi connectivity index (χ2n) is 6.03. The van der Waals surface area contributed by atoms with E-state index < -0.39 is 0 Å². The molecule has 4 heteroatoms. The Kier molecular flexibility index (Phi) is 3.05.